The third-order valence-corrected chi connectivity index (χ3v) is 3.78. The zero-order valence-corrected chi connectivity index (χ0v) is 13.4. The molecule has 0 aliphatic rings. The van der Waals surface area contributed by atoms with Crippen molar-refractivity contribution in [2.75, 3.05) is 5.32 Å². The molecule has 130 valence electrons. The molecule has 3 aromatic rings. The Morgan fingerprint density at radius 2 is 1.62 bits per heavy atom. The van der Waals surface area contributed by atoms with Gasteiger partial charge in [-0.3, -0.25) is 4.79 Å². The van der Waals surface area contributed by atoms with Gasteiger partial charge in [-0.05, 0) is 41.5 Å². The summed E-state index contributed by atoms with van der Waals surface area (Å²) in [6.07, 6.45) is 0. The molecule has 0 fully saturated rings. The standard InChI is InChI=1S/C20H13F2NO3/c21-14-7-8-15(12-4-2-1-3-5-12)16(11-14)19(24)23-18-9-6-13(20(25)26)10-17(18)22/h1-11H,(H,23,24)(H,25,26). The van der Waals surface area contributed by atoms with Crippen LogP contribution in [0.15, 0.2) is 66.7 Å². The lowest BCUT2D eigenvalue weighted by Crippen LogP contribution is -2.15. The Morgan fingerprint density at radius 3 is 2.27 bits per heavy atom. The van der Waals surface area contributed by atoms with Crippen LogP contribution in [-0.2, 0) is 0 Å². The Balaban J connectivity index is 1.96. The van der Waals surface area contributed by atoms with E-state index in [1.807, 2.05) is 6.07 Å². The summed E-state index contributed by atoms with van der Waals surface area (Å²) in [5.41, 5.74) is 0.809. The maximum atomic E-state index is 14.0. The van der Waals surface area contributed by atoms with Crippen LogP contribution in [0.3, 0.4) is 0 Å². The van der Waals surface area contributed by atoms with E-state index < -0.39 is 23.5 Å². The molecule has 3 rings (SSSR count). The number of hydrogen-bond donors (Lipinski definition) is 2. The second kappa shape index (κ2) is 7.14. The van der Waals surface area contributed by atoms with Gasteiger partial charge in [-0.15, -0.1) is 0 Å². The normalized spacial score (nSPS) is 10.4. The number of carboxylic acid groups (broad SMARTS) is 1. The molecule has 0 aliphatic heterocycles. The fourth-order valence-electron chi connectivity index (χ4n) is 2.51. The lowest BCUT2D eigenvalue weighted by atomic mass is 9.99. The van der Waals surface area contributed by atoms with Gasteiger partial charge in [-0.2, -0.15) is 0 Å². The second-order valence-electron chi connectivity index (χ2n) is 5.51. The predicted octanol–water partition coefficient (Wildman–Crippen LogP) is 4.58. The molecule has 1 amide bonds. The second-order valence-corrected chi connectivity index (χ2v) is 5.51. The maximum absolute atomic E-state index is 14.0. The molecule has 0 radical (unpaired) electrons. The number of hydrogen-bond acceptors (Lipinski definition) is 2. The Labute approximate surface area is 147 Å². The van der Waals surface area contributed by atoms with Crippen molar-refractivity contribution in [1.82, 2.24) is 0 Å². The molecular formula is C20H13F2NO3. The minimum Gasteiger partial charge on any atom is -0.478 e. The van der Waals surface area contributed by atoms with E-state index in [0.29, 0.717) is 11.1 Å². The third-order valence-electron chi connectivity index (χ3n) is 3.78. The van der Waals surface area contributed by atoms with E-state index in [1.54, 1.807) is 24.3 Å². The fourth-order valence-corrected chi connectivity index (χ4v) is 2.51. The third kappa shape index (κ3) is 3.59. The van der Waals surface area contributed by atoms with Crippen molar-refractivity contribution >= 4 is 17.6 Å². The van der Waals surface area contributed by atoms with Crippen molar-refractivity contribution in [3.63, 3.8) is 0 Å². The number of carbonyl (C=O) groups excluding carboxylic acids is 1. The highest BCUT2D eigenvalue weighted by Gasteiger charge is 2.16. The highest BCUT2D eigenvalue weighted by atomic mass is 19.1. The van der Waals surface area contributed by atoms with Crippen LogP contribution in [0, 0.1) is 11.6 Å². The highest BCUT2D eigenvalue weighted by molar-refractivity contribution is 6.09. The lowest BCUT2D eigenvalue weighted by Gasteiger charge is -2.11. The minimum absolute atomic E-state index is 0.0397. The first-order valence-corrected chi connectivity index (χ1v) is 7.65. The average molecular weight is 353 g/mol. The van der Waals surface area contributed by atoms with Crippen molar-refractivity contribution in [2.45, 2.75) is 0 Å². The van der Waals surface area contributed by atoms with Gasteiger partial charge in [0.05, 0.1) is 16.8 Å². The van der Waals surface area contributed by atoms with E-state index in [2.05, 4.69) is 5.32 Å². The monoisotopic (exact) mass is 353 g/mol. The average Bonchev–Trinajstić information content (AvgIpc) is 2.63. The molecule has 3 aromatic carbocycles. The molecule has 2 N–H and O–H groups in total. The van der Waals surface area contributed by atoms with Crippen LogP contribution in [0.5, 0.6) is 0 Å². The Hall–Kier alpha value is -3.54. The number of aromatic carboxylic acids is 1. The molecule has 0 aromatic heterocycles. The molecule has 0 heterocycles. The molecule has 4 nitrogen and oxygen atoms in total. The van der Waals surface area contributed by atoms with Crippen LogP contribution in [-0.4, -0.2) is 17.0 Å². The number of rotatable bonds is 4. The first-order chi connectivity index (χ1) is 12.5. The lowest BCUT2D eigenvalue weighted by molar-refractivity contribution is 0.0696. The van der Waals surface area contributed by atoms with Gasteiger partial charge in [0.2, 0.25) is 0 Å². The predicted molar refractivity (Wildman–Crippen MR) is 93.1 cm³/mol. The van der Waals surface area contributed by atoms with Crippen LogP contribution in [0.1, 0.15) is 20.7 Å². The molecule has 0 saturated heterocycles. The van der Waals surface area contributed by atoms with E-state index in [1.165, 1.54) is 18.2 Å². The van der Waals surface area contributed by atoms with E-state index in [9.17, 15) is 18.4 Å². The summed E-state index contributed by atoms with van der Waals surface area (Å²) in [6.45, 7) is 0. The molecule has 6 heteroatoms. The summed E-state index contributed by atoms with van der Waals surface area (Å²) in [4.78, 5) is 23.4. The van der Waals surface area contributed by atoms with Crippen LogP contribution in [0.4, 0.5) is 14.5 Å². The Morgan fingerprint density at radius 1 is 0.885 bits per heavy atom. The Bertz CT molecular complexity index is 988. The smallest absolute Gasteiger partial charge is 0.335 e. The fraction of sp³-hybridized carbons (Fsp3) is 0. The van der Waals surface area contributed by atoms with Gasteiger partial charge in [-0.25, -0.2) is 13.6 Å². The summed E-state index contributed by atoms with van der Waals surface area (Å²) >= 11 is 0. The summed E-state index contributed by atoms with van der Waals surface area (Å²) in [5, 5.41) is 11.2. The number of carbonyl (C=O) groups is 2. The molecule has 0 spiro atoms. The van der Waals surface area contributed by atoms with Crippen molar-refractivity contribution in [3.05, 3.63) is 89.5 Å². The van der Waals surface area contributed by atoms with Gasteiger partial charge in [0.15, 0.2) is 0 Å². The molecule has 0 aliphatic carbocycles. The highest BCUT2D eigenvalue weighted by Crippen LogP contribution is 2.26. The van der Waals surface area contributed by atoms with Crippen molar-refractivity contribution in [1.29, 1.82) is 0 Å². The number of anilines is 1. The van der Waals surface area contributed by atoms with Gasteiger partial charge >= 0.3 is 5.97 Å². The van der Waals surface area contributed by atoms with Gasteiger partial charge in [0.1, 0.15) is 11.6 Å². The SMILES string of the molecule is O=C(O)c1ccc(NC(=O)c2cc(F)ccc2-c2ccccc2)c(F)c1. The van der Waals surface area contributed by atoms with Crippen molar-refractivity contribution < 1.29 is 23.5 Å². The first kappa shape index (κ1) is 17.3. The number of amides is 1. The number of nitrogens with one attached hydrogen (secondary N) is 1. The van der Waals surface area contributed by atoms with Crippen LogP contribution < -0.4 is 5.32 Å². The first-order valence-electron chi connectivity index (χ1n) is 7.65. The van der Waals surface area contributed by atoms with Gasteiger partial charge in [0, 0.05) is 0 Å². The molecular weight excluding hydrogens is 340 g/mol. The quantitative estimate of drug-likeness (QED) is 0.721. The molecule has 0 saturated carbocycles. The van der Waals surface area contributed by atoms with Crippen LogP contribution in [0.2, 0.25) is 0 Å². The van der Waals surface area contributed by atoms with E-state index in [-0.39, 0.29) is 16.8 Å². The molecule has 0 atom stereocenters. The Kier molecular flexibility index (Phi) is 4.75. The molecule has 0 bridgehead atoms. The van der Waals surface area contributed by atoms with E-state index in [4.69, 9.17) is 5.11 Å². The largest absolute Gasteiger partial charge is 0.478 e. The number of benzene rings is 3. The van der Waals surface area contributed by atoms with Gasteiger partial charge < -0.3 is 10.4 Å². The van der Waals surface area contributed by atoms with E-state index >= 15 is 0 Å². The summed E-state index contributed by atoms with van der Waals surface area (Å²) in [7, 11) is 0. The van der Waals surface area contributed by atoms with Crippen molar-refractivity contribution in [3.8, 4) is 11.1 Å². The number of halogens is 2. The zero-order valence-electron chi connectivity index (χ0n) is 13.4. The molecule has 26 heavy (non-hydrogen) atoms. The van der Waals surface area contributed by atoms with Crippen LogP contribution in [0.25, 0.3) is 11.1 Å². The maximum Gasteiger partial charge on any atom is 0.335 e. The minimum atomic E-state index is -1.28. The molecule has 0 unspecified atom stereocenters. The number of carboxylic acids is 1. The van der Waals surface area contributed by atoms with Gasteiger partial charge in [0.25, 0.3) is 5.91 Å². The summed E-state index contributed by atoms with van der Waals surface area (Å²) in [5.74, 6) is -3.48. The summed E-state index contributed by atoms with van der Waals surface area (Å²) in [6, 6.07) is 15.8. The van der Waals surface area contributed by atoms with E-state index in [0.717, 1.165) is 18.2 Å². The van der Waals surface area contributed by atoms with Gasteiger partial charge in [-0.1, -0.05) is 36.4 Å². The summed E-state index contributed by atoms with van der Waals surface area (Å²) < 4.78 is 27.7. The topological polar surface area (TPSA) is 66.4 Å². The zero-order chi connectivity index (χ0) is 18.7. The van der Waals surface area contributed by atoms with Crippen LogP contribution >= 0.6 is 0 Å². The van der Waals surface area contributed by atoms with Crippen molar-refractivity contribution in [2.24, 2.45) is 0 Å².